The van der Waals surface area contributed by atoms with Crippen LogP contribution in [0.15, 0.2) is 30.3 Å². The number of carbonyl (C=O) groups is 1. The van der Waals surface area contributed by atoms with Crippen molar-refractivity contribution >= 4 is 17.6 Å². The molecule has 31 heavy (non-hydrogen) atoms. The van der Waals surface area contributed by atoms with Crippen LogP contribution in [0, 0.1) is 11.3 Å². The zero-order valence-electron chi connectivity index (χ0n) is 19.2. The number of benzene rings is 2. The maximum atomic E-state index is 13.1. The molecule has 0 bridgehead atoms. The van der Waals surface area contributed by atoms with Gasteiger partial charge in [-0.1, -0.05) is 64.8 Å². The Morgan fingerprint density at radius 3 is 2.61 bits per heavy atom. The smallest absolute Gasteiger partial charge is 0.343 e. The molecule has 0 aliphatic heterocycles. The van der Waals surface area contributed by atoms with Gasteiger partial charge in [-0.15, -0.1) is 0 Å². The van der Waals surface area contributed by atoms with Crippen molar-refractivity contribution in [3.05, 3.63) is 57.6 Å². The van der Waals surface area contributed by atoms with Crippen molar-refractivity contribution in [3.63, 3.8) is 0 Å². The Labute approximate surface area is 190 Å². The number of halogens is 1. The van der Waals surface area contributed by atoms with Gasteiger partial charge in [0, 0.05) is 16.1 Å². The molecule has 2 aromatic rings. The first kappa shape index (κ1) is 22.2. The Balaban J connectivity index is 1.88. The quantitative estimate of drug-likeness (QED) is 0.399. The van der Waals surface area contributed by atoms with Crippen LogP contribution >= 0.6 is 11.6 Å². The summed E-state index contributed by atoms with van der Waals surface area (Å²) >= 11 is 6.09. The summed E-state index contributed by atoms with van der Waals surface area (Å²) in [6.45, 7) is 11.1. The number of hydrogen-bond acceptors (Lipinski definition) is 3. The van der Waals surface area contributed by atoms with Gasteiger partial charge < -0.3 is 9.84 Å². The fourth-order valence-electron chi connectivity index (χ4n) is 6.28. The predicted molar refractivity (Wildman–Crippen MR) is 125 cm³/mol. The van der Waals surface area contributed by atoms with E-state index in [0.717, 1.165) is 36.8 Å². The average Bonchev–Trinajstić information content (AvgIpc) is 2.68. The topological polar surface area (TPSA) is 46.5 Å². The monoisotopic (exact) mass is 440 g/mol. The molecule has 4 heteroatoms. The molecule has 1 saturated carbocycles. The predicted octanol–water partition coefficient (Wildman–Crippen LogP) is 7.42. The first-order valence-electron chi connectivity index (χ1n) is 11.4. The molecule has 0 amide bonds. The van der Waals surface area contributed by atoms with Crippen LogP contribution in [0.5, 0.6) is 11.5 Å². The summed E-state index contributed by atoms with van der Waals surface area (Å²) in [5, 5.41) is 11.8. The van der Waals surface area contributed by atoms with Gasteiger partial charge in [-0.3, -0.25) is 0 Å². The summed E-state index contributed by atoms with van der Waals surface area (Å²) in [4.78, 5) is 13.1. The third-order valence-corrected chi connectivity index (χ3v) is 7.98. The van der Waals surface area contributed by atoms with E-state index in [0.29, 0.717) is 22.3 Å². The molecule has 0 saturated heterocycles. The first-order chi connectivity index (χ1) is 14.5. The number of aromatic hydroxyl groups is 1. The molecule has 0 radical (unpaired) electrons. The van der Waals surface area contributed by atoms with Gasteiger partial charge in [-0.05, 0) is 72.1 Å². The van der Waals surface area contributed by atoms with Gasteiger partial charge in [0.2, 0.25) is 0 Å². The molecule has 0 aromatic heterocycles. The zero-order valence-corrected chi connectivity index (χ0v) is 20.0. The van der Waals surface area contributed by atoms with E-state index in [-0.39, 0.29) is 22.5 Å². The van der Waals surface area contributed by atoms with E-state index in [1.807, 2.05) is 0 Å². The highest BCUT2D eigenvalue weighted by Gasteiger charge is 2.51. The molecular weight excluding hydrogens is 408 g/mol. The Bertz CT molecular complexity index is 1020. The molecule has 1 N–H and O–H groups in total. The van der Waals surface area contributed by atoms with Gasteiger partial charge in [0.15, 0.2) is 11.5 Å². The number of fused-ring (bicyclic) bond motifs is 3. The van der Waals surface area contributed by atoms with E-state index in [2.05, 4.69) is 40.7 Å². The standard InChI is InChI=1S/C27H33ClO3/c1-16(2)20-15-17-10-11-21-26(3,4)12-7-13-27(21,5)22(17)24(23(20)29)31-25(30)18-8-6-9-19(28)14-18/h6,8-9,14-16,21,29H,7,10-13H2,1-5H3/t21-,27-/m0/s1. The maximum Gasteiger partial charge on any atom is 0.343 e. The van der Waals surface area contributed by atoms with Crippen LogP contribution in [0.4, 0.5) is 0 Å². The summed E-state index contributed by atoms with van der Waals surface area (Å²) in [6.07, 6.45) is 5.45. The SMILES string of the molecule is CC(C)c1cc2c(c(OC(=O)c3cccc(Cl)c3)c1O)[C@@]1(C)CCCC(C)(C)[C@@H]1CC2. The maximum absolute atomic E-state index is 13.1. The molecule has 1 fully saturated rings. The number of esters is 1. The second-order valence-corrected chi connectivity index (χ2v) is 11.0. The molecule has 0 unspecified atom stereocenters. The lowest BCUT2D eigenvalue weighted by atomic mass is 9.50. The fraction of sp³-hybridized carbons (Fsp3) is 0.519. The molecule has 0 spiro atoms. The molecule has 2 aliphatic carbocycles. The molecule has 166 valence electrons. The third-order valence-electron chi connectivity index (χ3n) is 7.75. The Kier molecular flexibility index (Phi) is 5.62. The van der Waals surface area contributed by atoms with Crippen LogP contribution in [0.2, 0.25) is 5.02 Å². The Hall–Kier alpha value is -2.00. The first-order valence-corrected chi connectivity index (χ1v) is 11.8. The zero-order chi connectivity index (χ0) is 22.6. The van der Waals surface area contributed by atoms with Gasteiger partial charge in [-0.25, -0.2) is 4.79 Å². The van der Waals surface area contributed by atoms with Crippen molar-refractivity contribution in [2.75, 3.05) is 0 Å². The van der Waals surface area contributed by atoms with Gasteiger partial charge in [-0.2, -0.15) is 0 Å². The van der Waals surface area contributed by atoms with E-state index in [1.54, 1.807) is 24.3 Å². The van der Waals surface area contributed by atoms with E-state index < -0.39 is 5.97 Å². The highest BCUT2D eigenvalue weighted by Crippen LogP contribution is 2.60. The largest absolute Gasteiger partial charge is 0.504 e. The summed E-state index contributed by atoms with van der Waals surface area (Å²) in [5.74, 6) is 0.587. The van der Waals surface area contributed by atoms with Crippen LogP contribution in [0.1, 0.15) is 93.3 Å². The van der Waals surface area contributed by atoms with Gasteiger partial charge in [0.25, 0.3) is 0 Å². The minimum atomic E-state index is -0.485. The van der Waals surface area contributed by atoms with Crippen LogP contribution in [0.3, 0.4) is 0 Å². The van der Waals surface area contributed by atoms with Gasteiger partial charge in [0.1, 0.15) is 0 Å². The molecule has 3 nitrogen and oxygen atoms in total. The van der Waals surface area contributed by atoms with Crippen molar-refractivity contribution in [1.29, 1.82) is 0 Å². The number of hydrogen-bond donors (Lipinski definition) is 1. The van der Waals surface area contributed by atoms with Crippen LogP contribution < -0.4 is 4.74 Å². The fourth-order valence-corrected chi connectivity index (χ4v) is 6.47. The van der Waals surface area contributed by atoms with Gasteiger partial charge in [0.05, 0.1) is 5.56 Å². The van der Waals surface area contributed by atoms with Crippen LogP contribution in [-0.2, 0) is 11.8 Å². The summed E-state index contributed by atoms with van der Waals surface area (Å²) in [7, 11) is 0. The third kappa shape index (κ3) is 3.75. The number of aryl methyl sites for hydroxylation is 1. The lowest BCUT2D eigenvalue weighted by Crippen LogP contribution is -2.48. The van der Waals surface area contributed by atoms with E-state index in [9.17, 15) is 9.90 Å². The number of phenolic OH excluding ortho intramolecular Hbond substituents is 1. The number of rotatable bonds is 3. The van der Waals surface area contributed by atoms with Crippen LogP contribution in [-0.4, -0.2) is 11.1 Å². The normalized spacial score (nSPS) is 24.4. The minimum absolute atomic E-state index is 0.106. The summed E-state index contributed by atoms with van der Waals surface area (Å²) < 4.78 is 6.01. The average molecular weight is 441 g/mol. The number of carbonyl (C=O) groups excluding carboxylic acids is 1. The molecular formula is C27H33ClO3. The van der Waals surface area contributed by atoms with Crippen molar-refractivity contribution in [3.8, 4) is 11.5 Å². The Morgan fingerprint density at radius 2 is 1.94 bits per heavy atom. The second-order valence-electron chi connectivity index (χ2n) is 10.6. The molecule has 2 aromatic carbocycles. The van der Waals surface area contributed by atoms with E-state index >= 15 is 0 Å². The van der Waals surface area contributed by atoms with Crippen molar-refractivity contribution < 1.29 is 14.6 Å². The number of phenols is 1. The Morgan fingerprint density at radius 1 is 1.19 bits per heavy atom. The van der Waals surface area contributed by atoms with Crippen molar-refractivity contribution in [1.82, 2.24) is 0 Å². The van der Waals surface area contributed by atoms with Gasteiger partial charge >= 0.3 is 5.97 Å². The highest BCUT2D eigenvalue weighted by atomic mass is 35.5. The van der Waals surface area contributed by atoms with E-state index in [1.165, 1.54) is 12.0 Å². The summed E-state index contributed by atoms with van der Waals surface area (Å²) in [6, 6.07) is 8.91. The lowest BCUT2D eigenvalue weighted by molar-refractivity contribution is 0.0379. The number of ether oxygens (including phenoxy) is 1. The summed E-state index contributed by atoms with van der Waals surface area (Å²) in [5.41, 5.74) is 3.56. The van der Waals surface area contributed by atoms with E-state index in [4.69, 9.17) is 16.3 Å². The lowest BCUT2D eigenvalue weighted by Gasteiger charge is -2.54. The highest BCUT2D eigenvalue weighted by molar-refractivity contribution is 6.30. The van der Waals surface area contributed by atoms with Crippen molar-refractivity contribution in [2.24, 2.45) is 11.3 Å². The second kappa shape index (κ2) is 7.85. The molecule has 0 heterocycles. The van der Waals surface area contributed by atoms with Crippen molar-refractivity contribution in [2.45, 2.75) is 78.1 Å². The molecule has 2 atom stereocenters. The van der Waals surface area contributed by atoms with Crippen LogP contribution in [0.25, 0.3) is 0 Å². The molecule has 2 aliphatic rings. The minimum Gasteiger partial charge on any atom is -0.504 e. The molecule has 4 rings (SSSR count).